The van der Waals surface area contributed by atoms with E-state index in [0.29, 0.717) is 17.5 Å². The van der Waals surface area contributed by atoms with E-state index in [2.05, 4.69) is 0 Å². The van der Waals surface area contributed by atoms with Crippen LogP contribution < -0.4 is 16.2 Å². The molecule has 1 aromatic heterocycles. The zero-order valence-corrected chi connectivity index (χ0v) is 22.7. The minimum absolute atomic E-state index is 0. The SMILES string of the molecule is Cl.Cl.NC1(N)CCCCC1c1nc(C=Cc2ccc(Cl)cc2)nc2ccc(OCc3ccccc3)cc12. The first-order chi connectivity index (χ1) is 17.0. The molecule has 1 aliphatic carbocycles. The number of rotatable bonds is 6. The van der Waals surface area contributed by atoms with Gasteiger partial charge in [-0.2, -0.15) is 0 Å². The third-order valence-corrected chi connectivity index (χ3v) is 6.84. The molecule has 0 spiro atoms. The number of fused-ring (bicyclic) bond motifs is 1. The van der Waals surface area contributed by atoms with Crippen LogP contribution in [-0.4, -0.2) is 15.6 Å². The lowest BCUT2D eigenvalue weighted by atomic mass is 9.77. The molecule has 1 aliphatic rings. The van der Waals surface area contributed by atoms with E-state index in [1.54, 1.807) is 0 Å². The molecule has 1 saturated carbocycles. The van der Waals surface area contributed by atoms with Gasteiger partial charge in [0, 0.05) is 16.3 Å². The first-order valence-corrected chi connectivity index (χ1v) is 12.4. The number of halogens is 3. The Morgan fingerprint density at radius 2 is 1.68 bits per heavy atom. The van der Waals surface area contributed by atoms with E-state index in [9.17, 15) is 0 Å². The molecule has 0 radical (unpaired) electrons. The van der Waals surface area contributed by atoms with Crippen molar-refractivity contribution in [2.75, 3.05) is 0 Å². The second-order valence-electron chi connectivity index (χ2n) is 9.22. The van der Waals surface area contributed by atoms with E-state index in [1.165, 1.54) is 0 Å². The zero-order chi connectivity index (χ0) is 24.3. The van der Waals surface area contributed by atoms with Crippen molar-refractivity contribution >= 4 is 59.5 Å². The minimum Gasteiger partial charge on any atom is -0.489 e. The lowest BCUT2D eigenvalue weighted by molar-refractivity contribution is 0.256. The summed E-state index contributed by atoms with van der Waals surface area (Å²) in [5.41, 5.74) is 16.3. The second kappa shape index (κ2) is 12.7. The highest BCUT2D eigenvalue weighted by Crippen LogP contribution is 2.39. The third kappa shape index (κ3) is 7.01. The van der Waals surface area contributed by atoms with E-state index < -0.39 is 5.66 Å². The Hall–Kier alpha value is -2.67. The Morgan fingerprint density at radius 1 is 0.919 bits per heavy atom. The summed E-state index contributed by atoms with van der Waals surface area (Å²) in [6, 6.07) is 23.7. The van der Waals surface area contributed by atoms with Crippen LogP contribution in [0.2, 0.25) is 5.02 Å². The molecule has 3 aromatic carbocycles. The average molecular weight is 558 g/mol. The van der Waals surface area contributed by atoms with Gasteiger partial charge < -0.3 is 16.2 Å². The predicted octanol–water partition coefficient (Wildman–Crippen LogP) is 7.15. The van der Waals surface area contributed by atoms with Crippen molar-refractivity contribution in [2.45, 2.75) is 43.9 Å². The molecule has 8 heteroatoms. The molecule has 1 fully saturated rings. The molecule has 0 amide bonds. The molecule has 0 aliphatic heterocycles. The molecular formula is C29H31Cl3N4O. The molecule has 5 nitrogen and oxygen atoms in total. The van der Waals surface area contributed by atoms with Gasteiger partial charge in [0.2, 0.25) is 0 Å². The van der Waals surface area contributed by atoms with Crippen molar-refractivity contribution in [2.24, 2.45) is 11.5 Å². The molecule has 0 saturated heterocycles. The molecule has 0 bridgehead atoms. The summed E-state index contributed by atoms with van der Waals surface area (Å²) in [7, 11) is 0. The fraction of sp³-hybridized carbons (Fsp3) is 0.241. The van der Waals surface area contributed by atoms with Gasteiger partial charge in [0.1, 0.15) is 12.4 Å². The van der Waals surface area contributed by atoms with Gasteiger partial charge in [0.25, 0.3) is 0 Å². The normalized spacial score (nSPS) is 16.7. The molecule has 1 heterocycles. The van der Waals surface area contributed by atoms with E-state index >= 15 is 0 Å². The van der Waals surface area contributed by atoms with Gasteiger partial charge in [-0.3, -0.25) is 0 Å². The van der Waals surface area contributed by atoms with Crippen LogP contribution in [0.3, 0.4) is 0 Å². The number of ether oxygens (including phenoxy) is 1. The van der Waals surface area contributed by atoms with Crippen LogP contribution in [-0.2, 0) is 6.61 Å². The quantitative estimate of drug-likeness (QED) is 0.246. The summed E-state index contributed by atoms with van der Waals surface area (Å²) in [6.45, 7) is 0.492. The Kier molecular flexibility index (Phi) is 9.93. The average Bonchev–Trinajstić information content (AvgIpc) is 2.87. The Morgan fingerprint density at radius 3 is 2.41 bits per heavy atom. The number of benzene rings is 3. The number of hydrogen-bond donors (Lipinski definition) is 2. The topological polar surface area (TPSA) is 87.1 Å². The van der Waals surface area contributed by atoms with Crippen LogP contribution in [0.25, 0.3) is 23.1 Å². The van der Waals surface area contributed by atoms with Crippen molar-refractivity contribution in [3.63, 3.8) is 0 Å². The molecule has 37 heavy (non-hydrogen) atoms. The summed E-state index contributed by atoms with van der Waals surface area (Å²) in [5, 5.41) is 1.64. The summed E-state index contributed by atoms with van der Waals surface area (Å²) >= 11 is 6.01. The molecule has 1 unspecified atom stereocenters. The van der Waals surface area contributed by atoms with Crippen LogP contribution >= 0.6 is 36.4 Å². The Balaban J connectivity index is 0.00000190. The summed E-state index contributed by atoms with van der Waals surface area (Å²) in [4.78, 5) is 9.78. The monoisotopic (exact) mass is 556 g/mol. The Labute approximate surface area is 235 Å². The van der Waals surface area contributed by atoms with Gasteiger partial charge >= 0.3 is 0 Å². The highest BCUT2D eigenvalue weighted by atomic mass is 35.5. The molecule has 194 valence electrons. The lowest BCUT2D eigenvalue weighted by Gasteiger charge is -2.38. The lowest BCUT2D eigenvalue weighted by Crippen LogP contribution is -2.56. The van der Waals surface area contributed by atoms with Gasteiger partial charge in [-0.05, 0) is 60.4 Å². The maximum Gasteiger partial charge on any atom is 0.152 e. The van der Waals surface area contributed by atoms with E-state index in [4.69, 9.17) is 37.8 Å². The van der Waals surface area contributed by atoms with Gasteiger partial charge in [0.15, 0.2) is 5.82 Å². The molecule has 4 aromatic rings. The molecular weight excluding hydrogens is 527 g/mol. The van der Waals surface area contributed by atoms with Crippen molar-refractivity contribution in [1.29, 1.82) is 0 Å². The third-order valence-electron chi connectivity index (χ3n) is 6.59. The number of hydrogen-bond acceptors (Lipinski definition) is 5. The maximum atomic E-state index is 6.60. The van der Waals surface area contributed by atoms with E-state index in [1.807, 2.05) is 84.9 Å². The predicted molar refractivity (Wildman–Crippen MR) is 158 cm³/mol. The standard InChI is InChI=1S/C29H29ClN4O.2ClH/c30-22-12-9-20(10-13-22)11-16-27-33-26-15-14-23(35-19-21-6-2-1-3-7-21)18-24(26)28(34-27)25-8-4-5-17-29(25,31)32;;/h1-3,6-7,9-16,18,25H,4-5,8,17,19,31-32H2;2*1H. The summed E-state index contributed by atoms with van der Waals surface area (Å²) < 4.78 is 6.10. The zero-order valence-electron chi connectivity index (χ0n) is 20.3. The summed E-state index contributed by atoms with van der Waals surface area (Å²) in [6.07, 6.45) is 7.67. The smallest absolute Gasteiger partial charge is 0.152 e. The van der Waals surface area contributed by atoms with Gasteiger partial charge in [-0.15, -0.1) is 24.8 Å². The summed E-state index contributed by atoms with van der Waals surface area (Å²) in [5.74, 6) is 1.33. The van der Waals surface area contributed by atoms with Crippen molar-refractivity contribution in [3.8, 4) is 5.75 Å². The van der Waals surface area contributed by atoms with Crippen LogP contribution in [0.1, 0.15) is 54.2 Å². The van der Waals surface area contributed by atoms with Crippen LogP contribution in [0.15, 0.2) is 72.8 Å². The number of nitrogens with zero attached hydrogens (tertiary/aromatic N) is 2. The van der Waals surface area contributed by atoms with Crippen molar-refractivity contribution in [3.05, 3.63) is 100 Å². The van der Waals surface area contributed by atoms with Gasteiger partial charge in [-0.1, -0.05) is 73.0 Å². The first kappa shape index (κ1) is 28.9. The van der Waals surface area contributed by atoms with Crippen LogP contribution in [0.4, 0.5) is 0 Å². The van der Waals surface area contributed by atoms with Gasteiger partial charge in [-0.25, -0.2) is 9.97 Å². The second-order valence-corrected chi connectivity index (χ2v) is 9.65. The van der Waals surface area contributed by atoms with Crippen LogP contribution in [0, 0.1) is 0 Å². The highest BCUT2D eigenvalue weighted by Gasteiger charge is 2.37. The fourth-order valence-corrected chi connectivity index (χ4v) is 4.81. The fourth-order valence-electron chi connectivity index (χ4n) is 4.68. The minimum atomic E-state index is -0.808. The van der Waals surface area contributed by atoms with Crippen molar-refractivity contribution in [1.82, 2.24) is 9.97 Å². The van der Waals surface area contributed by atoms with E-state index in [-0.39, 0.29) is 30.7 Å². The largest absolute Gasteiger partial charge is 0.489 e. The number of aromatic nitrogens is 2. The van der Waals surface area contributed by atoms with Crippen molar-refractivity contribution < 1.29 is 4.74 Å². The molecule has 1 atom stereocenters. The molecule has 4 N–H and O–H groups in total. The molecule has 5 rings (SSSR count). The maximum absolute atomic E-state index is 6.60. The highest BCUT2D eigenvalue weighted by molar-refractivity contribution is 6.30. The number of nitrogens with two attached hydrogens (primary N) is 2. The van der Waals surface area contributed by atoms with E-state index in [0.717, 1.165) is 59.2 Å². The first-order valence-electron chi connectivity index (χ1n) is 12.0. The van der Waals surface area contributed by atoms with Gasteiger partial charge in [0.05, 0.1) is 16.9 Å². The van der Waals surface area contributed by atoms with Crippen LogP contribution in [0.5, 0.6) is 5.75 Å². The Bertz CT molecular complexity index is 1340.